The van der Waals surface area contributed by atoms with Gasteiger partial charge in [0.25, 0.3) is 0 Å². The summed E-state index contributed by atoms with van der Waals surface area (Å²) in [6.45, 7) is 2.24. The summed E-state index contributed by atoms with van der Waals surface area (Å²) < 4.78 is 5.44. The van der Waals surface area contributed by atoms with E-state index in [1.807, 2.05) is 24.4 Å². The summed E-state index contributed by atoms with van der Waals surface area (Å²) in [6.07, 6.45) is 5.64. The highest BCUT2D eigenvalue weighted by atomic mass is 32.2. The monoisotopic (exact) mass is 302 g/mol. The summed E-state index contributed by atoms with van der Waals surface area (Å²) in [5.74, 6) is 3.10. The lowest BCUT2D eigenvalue weighted by atomic mass is 10.1. The molecule has 1 heterocycles. The van der Waals surface area contributed by atoms with Gasteiger partial charge < -0.3 is 10.1 Å². The number of anilines is 1. The first-order valence-electron chi connectivity index (χ1n) is 7.61. The van der Waals surface area contributed by atoms with Crippen LogP contribution in [-0.4, -0.2) is 29.1 Å². The molecule has 1 aromatic carbocycles. The normalized spacial score (nSPS) is 21.6. The Morgan fingerprint density at radius 2 is 2.19 bits per heavy atom. The fourth-order valence-electron chi connectivity index (χ4n) is 3.12. The lowest BCUT2D eigenvalue weighted by Crippen LogP contribution is -2.17. The molecule has 2 atom stereocenters. The number of rotatable bonds is 5. The molecule has 1 aromatic heterocycles. The number of hydrogen-bond donors (Lipinski definition) is 1. The first-order valence-corrected chi connectivity index (χ1v) is 8.66. The number of fused-ring (bicyclic) bond motifs is 1. The standard InChI is InChI=1S/C17H22N2OS/c1-3-21-13-8-7-12(11-13)19-17-15-5-4-6-16(20-2)14(15)9-10-18-17/h4-6,9-10,12-13H,3,7-8,11H2,1-2H3,(H,18,19). The minimum absolute atomic E-state index is 0.540. The van der Waals surface area contributed by atoms with Gasteiger partial charge in [-0.05, 0) is 37.1 Å². The van der Waals surface area contributed by atoms with Gasteiger partial charge in [0.05, 0.1) is 7.11 Å². The van der Waals surface area contributed by atoms with Crippen LogP contribution in [0.2, 0.25) is 0 Å². The van der Waals surface area contributed by atoms with Crippen molar-refractivity contribution in [3.05, 3.63) is 30.5 Å². The molecule has 1 N–H and O–H groups in total. The zero-order valence-electron chi connectivity index (χ0n) is 12.6. The largest absolute Gasteiger partial charge is 0.496 e. The van der Waals surface area contributed by atoms with E-state index in [4.69, 9.17) is 4.74 Å². The Bertz CT molecular complexity index is 617. The molecule has 0 bridgehead atoms. The maximum Gasteiger partial charge on any atom is 0.134 e. The quantitative estimate of drug-likeness (QED) is 0.891. The predicted octanol–water partition coefficient (Wildman–Crippen LogP) is 4.33. The Balaban J connectivity index is 1.82. The van der Waals surface area contributed by atoms with E-state index in [-0.39, 0.29) is 0 Å². The minimum atomic E-state index is 0.540. The van der Waals surface area contributed by atoms with Gasteiger partial charge in [-0.3, -0.25) is 0 Å². The lowest BCUT2D eigenvalue weighted by molar-refractivity contribution is 0.420. The molecule has 0 saturated heterocycles. The van der Waals surface area contributed by atoms with Gasteiger partial charge in [0.1, 0.15) is 11.6 Å². The van der Waals surface area contributed by atoms with Crippen LogP contribution in [0.25, 0.3) is 10.8 Å². The number of aromatic nitrogens is 1. The first kappa shape index (κ1) is 14.5. The first-order chi connectivity index (χ1) is 10.3. The van der Waals surface area contributed by atoms with Crippen LogP contribution in [-0.2, 0) is 0 Å². The molecule has 21 heavy (non-hydrogen) atoms. The zero-order chi connectivity index (χ0) is 14.7. The molecule has 1 aliphatic carbocycles. The molecule has 4 heteroatoms. The van der Waals surface area contributed by atoms with Crippen molar-refractivity contribution in [1.82, 2.24) is 4.98 Å². The van der Waals surface area contributed by atoms with Gasteiger partial charge in [0, 0.05) is 28.3 Å². The average Bonchev–Trinajstić information content (AvgIpc) is 2.95. The second kappa shape index (κ2) is 6.56. The van der Waals surface area contributed by atoms with Gasteiger partial charge in [0.15, 0.2) is 0 Å². The van der Waals surface area contributed by atoms with Crippen LogP contribution < -0.4 is 10.1 Å². The summed E-state index contributed by atoms with van der Waals surface area (Å²) in [7, 11) is 1.71. The van der Waals surface area contributed by atoms with E-state index in [2.05, 4.69) is 35.1 Å². The van der Waals surface area contributed by atoms with Crippen molar-refractivity contribution in [2.24, 2.45) is 0 Å². The maximum absolute atomic E-state index is 5.44. The Morgan fingerprint density at radius 1 is 1.29 bits per heavy atom. The second-order valence-electron chi connectivity index (χ2n) is 5.45. The summed E-state index contributed by atoms with van der Waals surface area (Å²) in [5.41, 5.74) is 0. The molecule has 1 aliphatic rings. The molecule has 112 valence electrons. The van der Waals surface area contributed by atoms with E-state index in [0.717, 1.165) is 27.6 Å². The Morgan fingerprint density at radius 3 is 3.00 bits per heavy atom. The Labute approximate surface area is 130 Å². The van der Waals surface area contributed by atoms with Gasteiger partial charge in [-0.2, -0.15) is 11.8 Å². The topological polar surface area (TPSA) is 34.2 Å². The maximum atomic E-state index is 5.44. The van der Waals surface area contributed by atoms with Crippen molar-refractivity contribution in [3.63, 3.8) is 0 Å². The molecular weight excluding hydrogens is 280 g/mol. The molecule has 0 amide bonds. The van der Waals surface area contributed by atoms with E-state index in [0.29, 0.717) is 6.04 Å². The predicted molar refractivity (Wildman–Crippen MR) is 91.5 cm³/mol. The molecule has 1 saturated carbocycles. The molecule has 0 aliphatic heterocycles. The highest BCUT2D eigenvalue weighted by Crippen LogP contribution is 2.34. The van der Waals surface area contributed by atoms with E-state index >= 15 is 0 Å². The van der Waals surface area contributed by atoms with Crippen molar-refractivity contribution >= 4 is 28.4 Å². The van der Waals surface area contributed by atoms with Crippen LogP contribution in [0.5, 0.6) is 5.75 Å². The smallest absolute Gasteiger partial charge is 0.134 e. The number of nitrogens with one attached hydrogen (secondary N) is 1. The fraction of sp³-hybridized carbons (Fsp3) is 0.471. The molecule has 0 spiro atoms. The van der Waals surface area contributed by atoms with E-state index in [9.17, 15) is 0 Å². The number of pyridine rings is 1. The van der Waals surface area contributed by atoms with Crippen molar-refractivity contribution in [2.75, 3.05) is 18.2 Å². The average molecular weight is 302 g/mol. The second-order valence-corrected chi connectivity index (χ2v) is 7.02. The zero-order valence-corrected chi connectivity index (χ0v) is 13.5. The van der Waals surface area contributed by atoms with E-state index in [1.54, 1.807) is 7.11 Å². The molecule has 2 unspecified atom stereocenters. The van der Waals surface area contributed by atoms with Crippen molar-refractivity contribution in [1.29, 1.82) is 0 Å². The highest BCUT2D eigenvalue weighted by Gasteiger charge is 2.25. The third kappa shape index (κ3) is 3.10. The number of thioether (sulfide) groups is 1. The van der Waals surface area contributed by atoms with Crippen LogP contribution >= 0.6 is 11.8 Å². The number of hydrogen-bond acceptors (Lipinski definition) is 4. The number of methoxy groups -OCH3 is 1. The van der Waals surface area contributed by atoms with Gasteiger partial charge in [-0.1, -0.05) is 19.1 Å². The summed E-state index contributed by atoms with van der Waals surface area (Å²) in [6, 6.07) is 8.69. The van der Waals surface area contributed by atoms with E-state index < -0.39 is 0 Å². The molecule has 3 rings (SSSR count). The van der Waals surface area contributed by atoms with Gasteiger partial charge in [0.2, 0.25) is 0 Å². The minimum Gasteiger partial charge on any atom is -0.496 e. The Hall–Kier alpha value is -1.42. The molecule has 3 nitrogen and oxygen atoms in total. The molecule has 1 fully saturated rings. The lowest BCUT2D eigenvalue weighted by Gasteiger charge is -2.16. The van der Waals surface area contributed by atoms with Crippen molar-refractivity contribution < 1.29 is 4.74 Å². The number of benzene rings is 1. The third-order valence-corrected chi connectivity index (χ3v) is 5.35. The van der Waals surface area contributed by atoms with Crippen LogP contribution in [0.15, 0.2) is 30.5 Å². The van der Waals surface area contributed by atoms with Gasteiger partial charge >= 0.3 is 0 Å². The highest BCUT2D eigenvalue weighted by molar-refractivity contribution is 7.99. The summed E-state index contributed by atoms with van der Waals surface area (Å²) >= 11 is 2.08. The Kier molecular flexibility index (Phi) is 4.54. The number of nitrogens with zero attached hydrogens (tertiary/aromatic N) is 1. The molecule has 2 aromatic rings. The third-order valence-electron chi connectivity index (χ3n) is 4.11. The van der Waals surface area contributed by atoms with Crippen LogP contribution in [0.3, 0.4) is 0 Å². The molecule has 0 radical (unpaired) electrons. The van der Waals surface area contributed by atoms with Gasteiger partial charge in [-0.25, -0.2) is 4.98 Å². The summed E-state index contributed by atoms with van der Waals surface area (Å²) in [5, 5.41) is 6.71. The van der Waals surface area contributed by atoms with Crippen LogP contribution in [0, 0.1) is 0 Å². The summed E-state index contributed by atoms with van der Waals surface area (Å²) in [4.78, 5) is 4.54. The van der Waals surface area contributed by atoms with Crippen molar-refractivity contribution in [3.8, 4) is 5.75 Å². The van der Waals surface area contributed by atoms with Crippen LogP contribution in [0.1, 0.15) is 26.2 Å². The van der Waals surface area contributed by atoms with Crippen molar-refractivity contribution in [2.45, 2.75) is 37.5 Å². The van der Waals surface area contributed by atoms with Gasteiger partial charge in [-0.15, -0.1) is 0 Å². The molecular formula is C17H22N2OS. The van der Waals surface area contributed by atoms with Crippen LogP contribution in [0.4, 0.5) is 5.82 Å². The fourth-order valence-corrected chi connectivity index (χ4v) is 4.27. The SMILES string of the molecule is CCSC1CCC(Nc2nccc3c(OC)cccc23)C1. The van der Waals surface area contributed by atoms with E-state index in [1.165, 1.54) is 25.0 Å². The number of ether oxygens (including phenoxy) is 1.